The molecule has 0 rings (SSSR count). The Balaban J connectivity index is 3.50. The number of unbranched alkanes of at least 4 members (excludes halogenated alkanes) is 49. The first-order valence-corrected chi connectivity index (χ1v) is 32.1. The Morgan fingerprint density at radius 1 is 0.357 bits per heavy atom. The zero-order chi connectivity index (χ0) is 50.7. The molecule has 0 spiro atoms. The molecule has 5 heteroatoms. The molecule has 0 aromatic heterocycles. The van der Waals surface area contributed by atoms with Crippen molar-refractivity contribution in [3.05, 3.63) is 24.3 Å². The molecule has 416 valence electrons. The van der Waals surface area contributed by atoms with Gasteiger partial charge in [0, 0.05) is 0 Å². The van der Waals surface area contributed by atoms with Gasteiger partial charge in [-0.1, -0.05) is 334 Å². The Labute approximate surface area is 439 Å². The van der Waals surface area contributed by atoms with Crippen LogP contribution in [0.15, 0.2) is 24.3 Å². The van der Waals surface area contributed by atoms with Gasteiger partial charge in [0.05, 0.1) is 31.3 Å². The number of hydrogen-bond acceptors (Lipinski definition) is 4. The van der Waals surface area contributed by atoms with Crippen molar-refractivity contribution in [3.63, 3.8) is 0 Å². The van der Waals surface area contributed by atoms with Crippen LogP contribution < -0.4 is 5.32 Å². The molecular weight excluding hydrogens is 859 g/mol. The highest BCUT2D eigenvalue weighted by Crippen LogP contribution is 2.19. The molecular formula is C65H127NO4. The van der Waals surface area contributed by atoms with Gasteiger partial charge >= 0.3 is 0 Å². The summed E-state index contributed by atoms with van der Waals surface area (Å²) < 4.78 is 0. The highest BCUT2D eigenvalue weighted by Gasteiger charge is 2.20. The van der Waals surface area contributed by atoms with Gasteiger partial charge in [-0.2, -0.15) is 0 Å². The fourth-order valence-electron chi connectivity index (χ4n) is 10.3. The monoisotopic (exact) mass is 986 g/mol. The highest BCUT2D eigenvalue weighted by atomic mass is 16.3. The van der Waals surface area contributed by atoms with Crippen LogP contribution in [0.1, 0.15) is 361 Å². The van der Waals surface area contributed by atoms with Crippen LogP contribution >= 0.6 is 0 Å². The van der Waals surface area contributed by atoms with E-state index in [2.05, 4.69) is 31.3 Å². The van der Waals surface area contributed by atoms with Crippen molar-refractivity contribution >= 4 is 5.91 Å². The van der Waals surface area contributed by atoms with Crippen LogP contribution in [0.4, 0.5) is 0 Å². The summed E-state index contributed by atoms with van der Waals surface area (Å²) in [5.74, 6) is -0.308. The first-order valence-electron chi connectivity index (χ1n) is 32.1. The molecule has 0 aliphatic rings. The molecule has 0 bridgehead atoms. The molecule has 0 fully saturated rings. The minimum absolute atomic E-state index is 0.0175. The predicted molar refractivity (Wildman–Crippen MR) is 310 cm³/mol. The zero-order valence-corrected chi connectivity index (χ0v) is 47.7. The first kappa shape index (κ1) is 68.8. The van der Waals surface area contributed by atoms with Gasteiger partial charge in [-0.3, -0.25) is 4.79 Å². The van der Waals surface area contributed by atoms with Crippen molar-refractivity contribution in [3.8, 4) is 0 Å². The molecule has 0 aromatic carbocycles. The van der Waals surface area contributed by atoms with E-state index in [0.717, 1.165) is 25.7 Å². The predicted octanol–water partition coefficient (Wildman–Crippen LogP) is 20.4. The third-order valence-electron chi connectivity index (χ3n) is 15.2. The van der Waals surface area contributed by atoms with Crippen LogP contribution in [0, 0.1) is 0 Å². The number of allylic oxidation sites excluding steroid dienone is 3. The number of aliphatic hydroxyl groups excluding tert-OH is 3. The normalized spacial score (nSPS) is 13.3. The number of nitrogens with one attached hydrogen (secondary N) is 1. The van der Waals surface area contributed by atoms with Crippen molar-refractivity contribution in [2.75, 3.05) is 6.61 Å². The summed E-state index contributed by atoms with van der Waals surface area (Å²) in [5.41, 5.74) is 0. The van der Waals surface area contributed by atoms with Crippen LogP contribution in [0.25, 0.3) is 0 Å². The van der Waals surface area contributed by atoms with Crippen molar-refractivity contribution in [2.45, 2.75) is 379 Å². The topological polar surface area (TPSA) is 89.8 Å². The molecule has 3 atom stereocenters. The van der Waals surface area contributed by atoms with Crippen molar-refractivity contribution in [2.24, 2.45) is 0 Å². The van der Waals surface area contributed by atoms with Crippen molar-refractivity contribution < 1.29 is 20.1 Å². The lowest BCUT2D eigenvalue weighted by Gasteiger charge is -2.21. The largest absolute Gasteiger partial charge is 0.394 e. The van der Waals surface area contributed by atoms with Gasteiger partial charge in [0.25, 0.3) is 0 Å². The molecule has 0 heterocycles. The summed E-state index contributed by atoms with van der Waals surface area (Å²) in [5, 5.41) is 33.6. The lowest BCUT2D eigenvalue weighted by atomic mass is 10.0. The molecule has 5 nitrogen and oxygen atoms in total. The second kappa shape index (κ2) is 60.4. The van der Waals surface area contributed by atoms with E-state index in [9.17, 15) is 20.1 Å². The number of rotatable bonds is 60. The molecule has 0 aromatic rings. The Hall–Kier alpha value is -1.17. The van der Waals surface area contributed by atoms with E-state index in [-0.39, 0.29) is 18.9 Å². The molecule has 1 amide bonds. The van der Waals surface area contributed by atoms with Crippen molar-refractivity contribution in [1.29, 1.82) is 0 Å². The minimum atomic E-state index is -0.929. The van der Waals surface area contributed by atoms with Gasteiger partial charge in [-0.05, 0) is 44.9 Å². The molecule has 0 aliphatic carbocycles. The van der Waals surface area contributed by atoms with E-state index in [0.29, 0.717) is 6.42 Å². The third kappa shape index (κ3) is 56.1. The maximum absolute atomic E-state index is 12.6. The number of hydrogen-bond donors (Lipinski definition) is 4. The quantitative estimate of drug-likeness (QED) is 0.0361. The maximum atomic E-state index is 12.6. The molecule has 0 saturated heterocycles. The fourth-order valence-corrected chi connectivity index (χ4v) is 10.3. The number of amides is 1. The Kier molecular flexibility index (Phi) is 59.4. The van der Waals surface area contributed by atoms with Crippen LogP contribution in [-0.4, -0.2) is 46.1 Å². The number of carbonyl (C=O) groups is 1. The Morgan fingerprint density at radius 3 is 0.871 bits per heavy atom. The Bertz CT molecular complexity index is 1040. The number of aliphatic hydroxyl groups is 3. The van der Waals surface area contributed by atoms with E-state index in [1.54, 1.807) is 6.08 Å². The first-order chi connectivity index (χ1) is 34.5. The summed E-state index contributed by atoms with van der Waals surface area (Å²) in [6.07, 6.45) is 78.3. The molecule has 4 N–H and O–H groups in total. The summed E-state index contributed by atoms with van der Waals surface area (Å²) in [6, 6.07) is -0.744. The lowest BCUT2D eigenvalue weighted by Crippen LogP contribution is -2.45. The van der Waals surface area contributed by atoms with Crippen LogP contribution in [0.5, 0.6) is 0 Å². The Morgan fingerprint density at radius 2 is 0.600 bits per heavy atom. The summed E-state index contributed by atoms with van der Waals surface area (Å²) in [7, 11) is 0. The van der Waals surface area contributed by atoms with E-state index in [1.807, 2.05) is 6.08 Å². The van der Waals surface area contributed by atoms with Gasteiger partial charge in [0.1, 0.15) is 0 Å². The smallest absolute Gasteiger partial charge is 0.222 e. The summed E-state index contributed by atoms with van der Waals surface area (Å²) >= 11 is 0. The van der Waals surface area contributed by atoms with Gasteiger partial charge < -0.3 is 20.6 Å². The summed E-state index contributed by atoms with van der Waals surface area (Å²) in [6.45, 7) is 4.26. The second-order valence-corrected chi connectivity index (χ2v) is 22.4. The second-order valence-electron chi connectivity index (χ2n) is 22.4. The van der Waals surface area contributed by atoms with Gasteiger partial charge in [0.2, 0.25) is 5.91 Å². The van der Waals surface area contributed by atoms with Crippen LogP contribution in [-0.2, 0) is 4.79 Å². The average molecular weight is 987 g/mol. The molecule has 0 saturated carbocycles. The highest BCUT2D eigenvalue weighted by molar-refractivity contribution is 5.76. The molecule has 0 aliphatic heterocycles. The maximum Gasteiger partial charge on any atom is 0.222 e. The van der Waals surface area contributed by atoms with E-state index in [4.69, 9.17) is 0 Å². The van der Waals surface area contributed by atoms with Crippen LogP contribution in [0.2, 0.25) is 0 Å². The van der Waals surface area contributed by atoms with Crippen molar-refractivity contribution in [1.82, 2.24) is 5.32 Å². The minimum Gasteiger partial charge on any atom is -0.394 e. The standard InChI is InChI=1S/C65H127NO4/c1-3-5-7-9-11-13-15-17-19-21-23-25-27-29-30-31-32-33-34-35-36-38-40-42-44-46-48-50-52-54-56-58-62(68)60-65(70)66-63(61-67)64(69)59-57-55-53-51-49-47-45-43-41-39-37-28-26-24-22-20-18-16-14-12-10-8-6-4-2/h29-30,57,59,62-64,67-69H,3-28,31-56,58,60-61H2,1-2H3,(H,66,70)/b30-29-,59-57+. The molecule has 3 unspecified atom stereocenters. The van der Waals surface area contributed by atoms with Gasteiger partial charge in [-0.15, -0.1) is 0 Å². The average Bonchev–Trinajstić information content (AvgIpc) is 3.36. The zero-order valence-electron chi connectivity index (χ0n) is 47.7. The van der Waals surface area contributed by atoms with Gasteiger partial charge in [-0.25, -0.2) is 0 Å². The van der Waals surface area contributed by atoms with Crippen LogP contribution in [0.3, 0.4) is 0 Å². The molecule has 0 radical (unpaired) electrons. The fraction of sp³-hybridized carbons (Fsp3) is 0.923. The van der Waals surface area contributed by atoms with Gasteiger partial charge in [0.15, 0.2) is 0 Å². The molecule has 70 heavy (non-hydrogen) atoms. The SMILES string of the molecule is CCCCCCCCCCCCCC/C=C\CCCCCCCCCCCCCCCCCC(O)CC(=O)NC(CO)C(O)/C=C/CCCCCCCCCCCCCCCCCCCCCCCC. The van der Waals surface area contributed by atoms with E-state index >= 15 is 0 Å². The van der Waals surface area contributed by atoms with E-state index in [1.165, 1.54) is 308 Å². The number of carbonyl (C=O) groups excluding carboxylic acids is 1. The third-order valence-corrected chi connectivity index (χ3v) is 15.2. The van der Waals surface area contributed by atoms with E-state index < -0.39 is 18.2 Å². The summed E-state index contributed by atoms with van der Waals surface area (Å²) in [4.78, 5) is 12.6. The lowest BCUT2D eigenvalue weighted by molar-refractivity contribution is -0.124.